The fraction of sp³-hybridized carbons (Fsp3) is 0.556. The van der Waals surface area contributed by atoms with Crippen molar-refractivity contribution in [2.75, 3.05) is 0 Å². The molecule has 2 atom stereocenters. The van der Waals surface area contributed by atoms with Crippen LogP contribution in [-0.4, -0.2) is 0 Å². The van der Waals surface area contributed by atoms with Crippen molar-refractivity contribution in [2.24, 2.45) is 17.3 Å². The van der Waals surface area contributed by atoms with Crippen molar-refractivity contribution in [1.29, 1.82) is 0 Å². The molecule has 0 nitrogen and oxygen atoms in total. The highest BCUT2D eigenvalue weighted by Crippen LogP contribution is 2.61. The maximum absolute atomic E-state index is 2.48. The molecule has 3 aliphatic rings. The van der Waals surface area contributed by atoms with Gasteiger partial charge in [0.25, 0.3) is 0 Å². The molecule has 0 heteroatoms. The quantitative estimate of drug-likeness (QED) is 0.546. The normalized spacial score (nSPS) is 37.7. The zero-order valence-corrected chi connectivity index (χ0v) is 11.7. The van der Waals surface area contributed by atoms with Crippen molar-refractivity contribution < 1.29 is 0 Å². The summed E-state index contributed by atoms with van der Waals surface area (Å²) in [6.45, 7) is 4.45. The summed E-state index contributed by atoms with van der Waals surface area (Å²) in [5, 5.41) is 0. The van der Waals surface area contributed by atoms with Gasteiger partial charge in [0.2, 0.25) is 0 Å². The minimum absolute atomic E-state index is 0.459. The van der Waals surface area contributed by atoms with Crippen LogP contribution in [0.3, 0.4) is 0 Å². The summed E-state index contributed by atoms with van der Waals surface area (Å²) in [7, 11) is 0. The predicted molar refractivity (Wildman–Crippen MR) is 78.3 cm³/mol. The highest BCUT2D eigenvalue weighted by atomic mass is 14.5. The molecule has 0 aromatic rings. The van der Waals surface area contributed by atoms with Gasteiger partial charge < -0.3 is 0 Å². The monoisotopic (exact) mass is 240 g/mol. The lowest BCUT2D eigenvalue weighted by Gasteiger charge is -2.40. The summed E-state index contributed by atoms with van der Waals surface area (Å²) in [5.41, 5.74) is 3.72. The van der Waals surface area contributed by atoms with E-state index in [9.17, 15) is 0 Å². The highest BCUT2D eigenvalue weighted by molar-refractivity contribution is 5.50. The molecule has 0 radical (unpaired) electrons. The minimum Gasteiger partial charge on any atom is -0.0836 e. The summed E-state index contributed by atoms with van der Waals surface area (Å²) >= 11 is 0. The van der Waals surface area contributed by atoms with E-state index in [0.717, 1.165) is 5.92 Å². The molecule has 2 fully saturated rings. The van der Waals surface area contributed by atoms with Gasteiger partial charge in [0.15, 0.2) is 0 Å². The first-order chi connectivity index (χ1) is 8.83. The average Bonchev–Trinajstić information content (AvgIpc) is 2.69. The van der Waals surface area contributed by atoms with Crippen LogP contribution in [0.25, 0.3) is 0 Å². The maximum atomic E-state index is 2.48. The first kappa shape index (κ1) is 12.0. The molecule has 0 bridgehead atoms. The Morgan fingerprint density at radius 1 is 1.00 bits per heavy atom. The molecule has 3 aliphatic carbocycles. The molecule has 2 saturated carbocycles. The first-order valence-corrected chi connectivity index (χ1v) is 7.52. The molecule has 0 aromatic carbocycles. The van der Waals surface area contributed by atoms with Gasteiger partial charge in [-0.05, 0) is 43.8 Å². The third-order valence-corrected chi connectivity index (χ3v) is 5.32. The molecule has 18 heavy (non-hydrogen) atoms. The molecule has 3 rings (SSSR count). The fourth-order valence-corrected chi connectivity index (χ4v) is 4.67. The van der Waals surface area contributed by atoms with Crippen molar-refractivity contribution >= 4 is 0 Å². The van der Waals surface area contributed by atoms with Crippen LogP contribution >= 0.6 is 0 Å². The van der Waals surface area contributed by atoms with E-state index in [0.29, 0.717) is 11.3 Å². The predicted octanol–water partition coefficient (Wildman–Crippen LogP) is 5.20. The van der Waals surface area contributed by atoms with Gasteiger partial charge in [0.05, 0.1) is 0 Å². The van der Waals surface area contributed by atoms with Gasteiger partial charge in [0.1, 0.15) is 0 Å². The van der Waals surface area contributed by atoms with Crippen LogP contribution in [0.2, 0.25) is 0 Å². The SMILES string of the molecule is C/C=C1\C(=C/C)C2(CCCCC2)C2C=CC=CC12. The first-order valence-electron chi connectivity index (χ1n) is 7.52. The third kappa shape index (κ3) is 1.51. The molecular weight excluding hydrogens is 216 g/mol. The summed E-state index contributed by atoms with van der Waals surface area (Å²) < 4.78 is 0. The van der Waals surface area contributed by atoms with E-state index < -0.39 is 0 Å². The van der Waals surface area contributed by atoms with E-state index >= 15 is 0 Å². The molecule has 0 aliphatic heterocycles. The maximum Gasteiger partial charge on any atom is 0.00921 e. The van der Waals surface area contributed by atoms with Crippen LogP contribution in [0, 0.1) is 17.3 Å². The van der Waals surface area contributed by atoms with E-state index in [2.05, 4.69) is 50.3 Å². The van der Waals surface area contributed by atoms with Gasteiger partial charge in [-0.3, -0.25) is 0 Å². The Labute approximate surface area is 111 Å². The molecule has 0 aromatic heterocycles. The highest BCUT2D eigenvalue weighted by Gasteiger charge is 2.52. The van der Waals surface area contributed by atoms with E-state index in [1.165, 1.54) is 32.1 Å². The largest absolute Gasteiger partial charge is 0.0836 e. The van der Waals surface area contributed by atoms with E-state index in [1.807, 2.05) is 0 Å². The van der Waals surface area contributed by atoms with Crippen molar-refractivity contribution in [1.82, 2.24) is 0 Å². The number of hydrogen-bond acceptors (Lipinski definition) is 0. The molecule has 0 N–H and O–H groups in total. The topological polar surface area (TPSA) is 0 Å². The zero-order chi connectivity index (χ0) is 12.6. The second kappa shape index (κ2) is 4.57. The number of rotatable bonds is 0. The van der Waals surface area contributed by atoms with Crippen molar-refractivity contribution in [3.8, 4) is 0 Å². The Kier molecular flexibility index (Phi) is 3.05. The Bertz CT molecular complexity index is 439. The van der Waals surface area contributed by atoms with E-state index in [-0.39, 0.29) is 0 Å². The van der Waals surface area contributed by atoms with E-state index in [4.69, 9.17) is 0 Å². The van der Waals surface area contributed by atoms with Crippen LogP contribution in [0.5, 0.6) is 0 Å². The summed E-state index contributed by atoms with van der Waals surface area (Å²) in [6, 6.07) is 0. The van der Waals surface area contributed by atoms with Crippen molar-refractivity contribution in [2.45, 2.75) is 46.0 Å². The van der Waals surface area contributed by atoms with Crippen molar-refractivity contribution in [3.05, 3.63) is 47.6 Å². The van der Waals surface area contributed by atoms with Gasteiger partial charge in [-0.25, -0.2) is 0 Å². The molecule has 1 spiro atoms. The molecule has 96 valence electrons. The summed E-state index contributed by atoms with van der Waals surface area (Å²) in [5.74, 6) is 1.37. The van der Waals surface area contributed by atoms with Crippen molar-refractivity contribution in [3.63, 3.8) is 0 Å². The standard InChI is InChI=1S/C18H24/c1-3-14-15-10-6-7-11-17(15)18(16(14)4-2)12-8-5-9-13-18/h3-4,6-7,10-11,15,17H,5,8-9,12-13H2,1-2H3/b14-3-,16-4+. The smallest absolute Gasteiger partial charge is 0.00921 e. The van der Waals surface area contributed by atoms with Gasteiger partial charge in [-0.1, -0.05) is 55.7 Å². The second-order valence-corrected chi connectivity index (χ2v) is 5.98. The lowest BCUT2D eigenvalue weighted by Crippen LogP contribution is -2.31. The van der Waals surface area contributed by atoms with Crippen LogP contribution in [0.15, 0.2) is 47.6 Å². The third-order valence-electron chi connectivity index (χ3n) is 5.32. The summed E-state index contributed by atoms with van der Waals surface area (Å²) in [4.78, 5) is 0. The van der Waals surface area contributed by atoms with Crippen LogP contribution in [0.4, 0.5) is 0 Å². The molecular formula is C18H24. The van der Waals surface area contributed by atoms with Gasteiger partial charge in [0, 0.05) is 11.3 Å². The van der Waals surface area contributed by atoms with Crippen LogP contribution in [-0.2, 0) is 0 Å². The molecule has 2 unspecified atom stereocenters. The van der Waals surface area contributed by atoms with Gasteiger partial charge in [-0.2, -0.15) is 0 Å². The lowest BCUT2D eigenvalue weighted by molar-refractivity contribution is 0.184. The lowest BCUT2D eigenvalue weighted by atomic mass is 9.64. The number of hydrogen-bond donors (Lipinski definition) is 0. The number of fused-ring (bicyclic) bond motifs is 2. The molecule has 0 saturated heterocycles. The fourth-order valence-electron chi connectivity index (χ4n) is 4.67. The Hall–Kier alpha value is -1.04. The summed E-state index contributed by atoms with van der Waals surface area (Å²) in [6.07, 6.45) is 21.2. The van der Waals surface area contributed by atoms with Crippen LogP contribution < -0.4 is 0 Å². The Morgan fingerprint density at radius 3 is 2.39 bits per heavy atom. The average molecular weight is 240 g/mol. The van der Waals surface area contributed by atoms with Gasteiger partial charge >= 0.3 is 0 Å². The molecule has 0 heterocycles. The minimum atomic E-state index is 0.459. The van der Waals surface area contributed by atoms with Gasteiger partial charge in [-0.15, -0.1) is 0 Å². The zero-order valence-electron chi connectivity index (χ0n) is 11.7. The Balaban J connectivity index is 2.11. The second-order valence-electron chi connectivity index (χ2n) is 5.98. The van der Waals surface area contributed by atoms with Crippen LogP contribution in [0.1, 0.15) is 46.0 Å². The Morgan fingerprint density at radius 2 is 1.72 bits per heavy atom. The van der Waals surface area contributed by atoms with E-state index in [1.54, 1.807) is 11.1 Å². The number of allylic oxidation sites excluding steroid dienone is 8. The molecule has 0 amide bonds.